The second kappa shape index (κ2) is 6.17. The van der Waals surface area contributed by atoms with Gasteiger partial charge in [0.15, 0.2) is 5.13 Å². The Morgan fingerprint density at radius 2 is 2.05 bits per heavy atom. The molecule has 2 aromatic heterocycles. The molecule has 0 bridgehead atoms. The highest BCUT2D eigenvalue weighted by atomic mass is 32.1. The fraction of sp³-hybridized carbons (Fsp3) is 0.385. The number of thiazole rings is 1. The number of hydrogen-bond acceptors (Lipinski definition) is 7. The normalized spacial score (nSPS) is 16.4. The molecule has 0 aliphatic carbocycles. The van der Waals surface area contributed by atoms with Gasteiger partial charge in [-0.3, -0.25) is 4.90 Å². The van der Waals surface area contributed by atoms with Gasteiger partial charge in [0.25, 0.3) is 0 Å². The van der Waals surface area contributed by atoms with Gasteiger partial charge in [0.2, 0.25) is 0 Å². The van der Waals surface area contributed by atoms with Crippen LogP contribution >= 0.6 is 11.3 Å². The molecule has 106 valence electrons. The smallest absolute Gasteiger partial charge is 0.185 e. The van der Waals surface area contributed by atoms with Gasteiger partial charge in [-0.05, 0) is 6.07 Å². The van der Waals surface area contributed by atoms with E-state index in [1.165, 1.54) is 0 Å². The molecule has 3 heterocycles. The first-order chi connectivity index (χ1) is 9.86. The van der Waals surface area contributed by atoms with E-state index in [-0.39, 0.29) is 0 Å². The molecule has 7 heteroatoms. The average molecular weight is 290 g/mol. The largest absolute Gasteiger partial charge is 0.346 e. The van der Waals surface area contributed by atoms with Gasteiger partial charge in [-0.15, -0.1) is 11.3 Å². The van der Waals surface area contributed by atoms with Gasteiger partial charge in [0, 0.05) is 56.1 Å². The third kappa shape index (κ3) is 2.90. The van der Waals surface area contributed by atoms with Crippen LogP contribution in [0.4, 0.5) is 10.9 Å². The van der Waals surface area contributed by atoms with E-state index >= 15 is 0 Å². The zero-order chi connectivity index (χ0) is 13.8. The van der Waals surface area contributed by atoms with Crippen LogP contribution in [-0.2, 0) is 6.54 Å². The summed E-state index contributed by atoms with van der Waals surface area (Å²) in [5, 5.41) is 3.15. The van der Waals surface area contributed by atoms with Gasteiger partial charge in [-0.2, -0.15) is 0 Å². The van der Waals surface area contributed by atoms with Crippen LogP contribution in [0.1, 0.15) is 5.56 Å². The topological polar surface area (TPSA) is 70.3 Å². The Hall–Kier alpha value is -1.70. The molecule has 6 nitrogen and oxygen atoms in total. The minimum Gasteiger partial charge on any atom is -0.346 e. The standard InChI is InChI=1S/C13H18N6S/c14-17-12-11(2-1-3-15-12)10-18-5-7-19(8-6-18)13-16-4-9-20-13/h1-4,9H,5-8,10,14H2,(H,15,17). The summed E-state index contributed by atoms with van der Waals surface area (Å²) in [4.78, 5) is 13.4. The number of anilines is 2. The molecule has 0 spiro atoms. The molecule has 3 rings (SSSR count). The Morgan fingerprint density at radius 3 is 2.75 bits per heavy atom. The van der Waals surface area contributed by atoms with Crippen LogP contribution in [0, 0.1) is 0 Å². The van der Waals surface area contributed by atoms with Crippen molar-refractivity contribution in [2.75, 3.05) is 36.5 Å². The SMILES string of the molecule is NNc1ncccc1CN1CCN(c2nccs2)CC1. The van der Waals surface area contributed by atoms with Crippen molar-refractivity contribution in [1.29, 1.82) is 0 Å². The summed E-state index contributed by atoms with van der Waals surface area (Å²) in [7, 11) is 0. The van der Waals surface area contributed by atoms with Crippen molar-refractivity contribution in [2.24, 2.45) is 5.84 Å². The van der Waals surface area contributed by atoms with Gasteiger partial charge >= 0.3 is 0 Å². The van der Waals surface area contributed by atoms with Gasteiger partial charge in [-0.1, -0.05) is 6.07 Å². The average Bonchev–Trinajstić information content (AvgIpc) is 3.03. The fourth-order valence-corrected chi connectivity index (χ4v) is 3.10. The molecule has 0 unspecified atom stereocenters. The van der Waals surface area contributed by atoms with Crippen LogP contribution in [0.5, 0.6) is 0 Å². The number of aromatic nitrogens is 2. The molecule has 0 amide bonds. The number of piperazine rings is 1. The predicted molar refractivity (Wildman–Crippen MR) is 81.7 cm³/mol. The van der Waals surface area contributed by atoms with Crippen molar-refractivity contribution < 1.29 is 0 Å². The first-order valence-electron chi connectivity index (χ1n) is 6.64. The lowest BCUT2D eigenvalue weighted by Crippen LogP contribution is -2.46. The number of nitrogens with two attached hydrogens (primary N) is 1. The van der Waals surface area contributed by atoms with Crippen molar-refractivity contribution >= 4 is 22.3 Å². The lowest BCUT2D eigenvalue weighted by molar-refractivity contribution is 0.250. The lowest BCUT2D eigenvalue weighted by atomic mass is 10.2. The van der Waals surface area contributed by atoms with Crippen LogP contribution in [0.25, 0.3) is 0 Å². The number of nitrogens with zero attached hydrogens (tertiary/aromatic N) is 4. The van der Waals surface area contributed by atoms with E-state index in [0.29, 0.717) is 0 Å². The Labute approximate surface area is 122 Å². The van der Waals surface area contributed by atoms with Crippen LogP contribution in [-0.4, -0.2) is 41.0 Å². The van der Waals surface area contributed by atoms with E-state index < -0.39 is 0 Å². The summed E-state index contributed by atoms with van der Waals surface area (Å²) >= 11 is 1.70. The van der Waals surface area contributed by atoms with E-state index in [1.807, 2.05) is 17.6 Å². The van der Waals surface area contributed by atoms with Crippen molar-refractivity contribution in [3.63, 3.8) is 0 Å². The molecule has 0 saturated carbocycles. The fourth-order valence-electron chi connectivity index (χ4n) is 2.41. The molecular weight excluding hydrogens is 272 g/mol. The molecular formula is C13H18N6S. The number of pyridine rings is 1. The summed E-state index contributed by atoms with van der Waals surface area (Å²) < 4.78 is 0. The second-order valence-electron chi connectivity index (χ2n) is 4.73. The maximum absolute atomic E-state index is 5.50. The Bertz CT molecular complexity index is 536. The van der Waals surface area contributed by atoms with Crippen molar-refractivity contribution in [3.8, 4) is 0 Å². The maximum Gasteiger partial charge on any atom is 0.185 e. The highest BCUT2D eigenvalue weighted by Crippen LogP contribution is 2.20. The van der Waals surface area contributed by atoms with E-state index in [1.54, 1.807) is 17.5 Å². The molecule has 0 aromatic carbocycles. The Kier molecular flexibility index (Phi) is 4.10. The molecule has 0 radical (unpaired) electrons. The first kappa shape index (κ1) is 13.3. The summed E-state index contributed by atoms with van der Waals surface area (Å²) in [6, 6.07) is 4.01. The van der Waals surface area contributed by atoms with E-state index in [2.05, 4.69) is 31.3 Å². The molecule has 1 fully saturated rings. The number of nitrogen functional groups attached to an aromatic ring is 1. The molecule has 3 N–H and O–H groups in total. The van der Waals surface area contributed by atoms with Crippen molar-refractivity contribution in [3.05, 3.63) is 35.5 Å². The number of hydrogen-bond donors (Lipinski definition) is 2. The monoisotopic (exact) mass is 290 g/mol. The van der Waals surface area contributed by atoms with Gasteiger partial charge < -0.3 is 10.3 Å². The van der Waals surface area contributed by atoms with Gasteiger partial charge in [0.05, 0.1) is 0 Å². The molecule has 0 atom stereocenters. The van der Waals surface area contributed by atoms with Gasteiger partial charge in [-0.25, -0.2) is 15.8 Å². The number of nitrogens with one attached hydrogen (secondary N) is 1. The van der Waals surface area contributed by atoms with E-state index in [0.717, 1.165) is 49.2 Å². The third-order valence-electron chi connectivity index (χ3n) is 3.48. The zero-order valence-electron chi connectivity index (χ0n) is 11.2. The van der Waals surface area contributed by atoms with Crippen molar-refractivity contribution in [2.45, 2.75) is 6.54 Å². The predicted octanol–water partition coefficient (Wildman–Crippen LogP) is 1.15. The minimum atomic E-state index is 0.759. The Balaban J connectivity index is 1.58. The summed E-state index contributed by atoms with van der Waals surface area (Å²) in [5.41, 5.74) is 3.80. The molecule has 1 aliphatic rings. The third-order valence-corrected chi connectivity index (χ3v) is 4.32. The maximum atomic E-state index is 5.50. The van der Waals surface area contributed by atoms with Crippen LogP contribution < -0.4 is 16.2 Å². The van der Waals surface area contributed by atoms with Gasteiger partial charge in [0.1, 0.15) is 5.82 Å². The number of hydrazine groups is 1. The molecule has 2 aromatic rings. The summed E-state index contributed by atoms with van der Waals surface area (Å²) in [6.45, 7) is 4.95. The molecule has 1 saturated heterocycles. The molecule has 1 aliphatic heterocycles. The zero-order valence-corrected chi connectivity index (χ0v) is 12.0. The van der Waals surface area contributed by atoms with Crippen LogP contribution in [0.3, 0.4) is 0 Å². The van der Waals surface area contributed by atoms with Crippen molar-refractivity contribution in [1.82, 2.24) is 14.9 Å². The quantitative estimate of drug-likeness (QED) is 0.650. The first-order valence-corrected chi connectivity index (χ1v) is 7.52. The Morgan fingerprint density at radius 1 is 1.20 bits per heavy atom. The van der Waals surface area contributed by atoms with E-state index in [4.69, 9.17) is 5.84 Å². The highest BCUT2D eigenvalue weighted by molar-refractivity contribution is 7.13. The molecule has 20 heavy (non-hydrogen) atoms. The second-order valence-corrected chi connectivity index (χ2v) is 5.61. The minimum absolute atomic E-state index is 0.759. The lowest BCUT2D eigenvalue weighted by Gasteiger charge is -2.34. The van der Waals surface area contributed by atoms with E-state index in [9.17, 15) is 0 Å². The highest BCUT2D eigenvalue weighted by Gasteiger charge is 2.19. The summed E-state index contributed by atoms with van der Waals surface area (Å²) in [5.74, 6) is 6.25. The summed E-state index contributed by atoms with van der Waals surface area (Å²) in [6.07, 6.45) is 3.61. The van der Waals surface area contributed by atoms with Crippen LogP contribution in [0.2, 0.25) is 0 Å². The number of rotatable bonds is 4. The van der Waals surface area contributed by atoms with Crippen LogP contribution in [0.15, 0.2) is 29.9 Å².